The Bertz CT molecular complexity index is 171. The van der Waals surface area contributed by atoms with E-state index in [9.17, 15) is 4.79 Å². The third-order valence-corrected chi connectivity index (χ3v) is 1.64. The first-order valence-electron chi connectivity index (χ1n) is 4.50. The maximum Gasteiger partial charge on any atom is 0.243 e. The fraction of sp³-hybridized carbons (Fsp3) is 0.667. The predicted octanol–water partition coefficient (Wildman–Crippen LogP) is 0.0409. The van der Waals surface area contributed by atoms with Crippen LogP contribution < -0.4 is 11.1 Å². The summed E-state index contributed by atoms with van der Waals surface area (Å²) in [6, 6.07) is -0.139. The number of nitrogens with one attached hydrogen (secondary N) is 1. The first-order chi connectivity index (χ1) is 6.24. The summed E-state index contributed by atoms with van der Waals surface area (Å²) >= 11 is 0. The van der Waals surface area contributed by atoms with Gasteiger partial charge in [-0.25, -0.2) is 0 Å². The molecule has 1 heterocycles. The Kier molecular flexibility index (Phi) is 6.18. The van der Waals surface area contributed by atoms with Crippen molar-refractivity contribution in [1.82, 2.24) is 5.32 Å². The van der Waals surface area contributed by atoms with Gasteiger partial charge in [0.25, 0.3) is 0 Å². The molecule has 0 bridgehead atoms. The summed E-state index contributed by atoms with van der Waals surface area (Å²) in [5.41, 5.74) is 5.61. The van der Waals surface area contributed by atoms with Crippen LogP contribution in [0.1, 0.15) is 13.8 Å². The van der Waals surface area contributed by atoms with E-state index >= 15 is 0 Å². The lowest BCUT2D eigenvalue weighted by Gasteiger charge is -2.12. The molecular formula is C9H18N2O2. The van der Waals surface area contributed by atoms with Crippen LogP contribution in [0.15, 0.2) is 12.7 Å². The van der Waals surface area contributed by atoms with Crippen LogP contribution in [0.5, 0.6) is 0 Å². The molecule has 76 valence electrons. The van der Waals surface area contributed by atoms with Crippen molar-refractivity contribution in [2.24, 2.45) is 5.73 Å². The van der Waals surface area contributed by atoms with Crippen LogP contribution in [0.2, 0.25) is 0 Å². The molecule has 2 unspecified atom stereocenters. The molecule has 0 spiro atoms. The number of hydrogen-bond donors (Lipinski definition) is 2. The van der Waals surface area contributed by atoms with Crippen LogP contribution in [-0.2, 0) is 9.53 Å². The Morgan fingerprint density at radius 1 is 1.62 bits per heavy atom. The monoisotopic (exact) mass is 186 g/mol. The van der Waals surface area contributed by atoms with E-state index < -0.39 is 0 Å². The van der Waals surface area contributed by atoms with E-state index in [1.165, 1.54) is 6.08 Å². The summed E-state index contributed by atoms with van der Waals surface area (Å²) in [6.07, 6.45) is 1.23. The van der Waals surface area contributed by atoms with Gasteiger partial charge in [0.05, 0.1) is 25.3 Å². The molecule has 3 N–H and O–H groups in total. The minimum absolute atomic E-state index is 0.0551. The van der Waals surface area contributed by atoms with Gasteiger partial charge in [0.2, 0.25) is 5.91 Å². The second kappa shape index (κ2) is 6.62. The molecule has 0 saturated carbocycles. The number of ether oxygens (including phenoxy) is 1. The van der Waals surface area contributed by atoms with E-state index in [0.717, 1.165) is 0 Å². The van der Waals surface area contributed by atoms with Gasteiger partial charge in [-0.1, -0.05) is 20.4 Å². The van der Waals surface area contributed by atoms with E-state index in [2.05, 4.69) is 11.9 Å². The molecule has 0 radical (unpaired) electrons. The average Bonchev–Trinajstić information content (AvgIpc) is 2.55. The molecule has 0 aliphatic carbocycles. The molecule has 0 aromatic carbocycles. The summed E-state index contributed by atoms with van der Waals surface area (Å²) in [6.45, 7) is 8.35. The molecule has 1 amide bonds. The van der Waals surface area contributed by atoms with E-state index in [1.807, 2.05) is 13.8 Å². The van der Waals surface area contributed by atoms with E-state index in [-0.39, 0.29) is 18.0 Å². The molecular weight excluding hydrogens is 168 g/mol. The highest BCUT2D eigenvalue weighted by atomic mass is 16.5. The molecule has 1 aliphatic heterocycles. The zero-order valence-corrected chi connectivity index (χ0v) is 8.25. The zero-order chi connectivity index (χ0) is 10.3. The predicted molar refractivity (Wildman–Crippen MR) is 52.3 cm³/mol. The zero-order valence-electron chi connectivity index (χ0n) is 8.25. The van der Waals surface area contributed by atoms with Crippen LogP contribution in [-0.4, -0.2) is 31.2 Å². The minimum Gasteiger partial charge on any atom is -0.378 e. The highest BCUT2D eigenvalue weighted by molar-refractivity contribution is 5.87. The van der Waals surface area contributed by atoms with Gasteiger partial charge in [0, 0.05) is 0 Å². The Balaban J connectivity index is 0.000000671. The van der Waals surface area contributed by atoms with Crippen molar-refractivity contribution < 1.29 is 9.53 Å². The van der Waals surface area contributed by atoms with Crippen molar-refractivity contribution in [2.45, 2.75) is 25.9 Å². The van der Waals surface area contributed by atoms with Crippen LogP contribution in [0.25, 0.3) is 0 Å². The topological polar surface area (TPSA) is 64.3 Å². The van der Waals surface area contributed by atoms with Gasteiger partial charge in [-0.3, -0.25) is 4.79 Å². The van der Waals surface area contributed by atoms with Gasteiger partial charge >= 0.3 is 0 Å². The second-order valence-corrected chi connectivity index (χ2v) is 2.52. The first-order valence-corrected chi connectivity index (χ1v) is 4.50. The van der Waals surface area contributed by atoms with Crippen molar-refractivity contribution in [1.29, 1.82) is 0 Å². The van der Waals surface area contributed by atoms with Gasteiger partial charge < -0.3 is 15.8 Å². The van der Waals surface area contributed by atoms with Crippen molar-refractivity contribution in [3.8, 4) is 0 Å². The van der Waals surface area contributed by atoms with Crippen LogP contribution in [0.4, 0.5) is 0 Å². The number of hydrogen-bond acceptors (Lipinski definition) is 3. The Morgan fingerprint density at radius 3 is 2.62 bits per heavy atom. The maximum atomic E-state index is 10.8. The Morgan fingerprint density at radius 2 is 2.23 bits per heavy atom. The first kappa shape index (κ1) is 12.1. The van der Waals surface area contributed by atoms with Gasteiger partial charge in [-0.2, -0.15) is 0 Å². The molecule has 0 aromatic rings. The van der Waals surface area contributed by atoms with Crippen molar-refractivity contribution in [2.75, 3.05) is 13.2 Å². The molecule has 4 heteroatoms. The highest BCUT2D eigenvalue weighted by Gasteiger charge is 2.25. The fourth-order valence-electron chi connectivity index (χ4n) is 0.961. The van der Waals surface area contributed by atoms with Gasteiger partial charge in [-0.05, 0) is 6.08 Å². The van der Waals surface area contributed by atoms with E-state index in [1.54, 1.807) is 0 Å². The minimum atomic E-state index is -0.198. The standard InChI is InChI=1S/C7H12N2O2.C2H6/c1-2-7(10)9-6-4-11-3-5(6)8;1-2/h2,5-6H,1,3-4,8H2,(H,9,10);1-2H3. The van der Waals surface area contributed by atoms with E-state index in [4.69, 9.17) is 10.5 Å². The van der Waals surface area contributed by atoms with Crippen LogP contribution in [0, 0.1) is 0 Å². The molecule has 0 aromatic heterocycles. The summed E-state index contributed by atoms with van der Waals surface area (Å²) < 4.78 is 5.04. The van der Waals surface area contributed by atoms with Crippen molar-refractivity contribution in [3.05, 3.63) is 12.7 Å². The van der Waals surface area contributed by atoms with E-state index in [0.29, 0.717) is 13.2 Å². The SMILES string of the molecule is C=CC(=O)NC1COCC1N.CC. The van der Waals surface area contributed by atoms with Gasteiger partial charge in [0.1, 0.15) is 0 Å². The third kappa shape index (κ3) is 4.05. The Labute approximate surface area is 79.1 Å². The lowest BCUT2D eigenvalue weighted by molar-refractivity contribution is -0.117. The quantitative estimate of drug-likeness (QED) is 0.598. The average molecular weight is 186 g/mol. The molecule has 13 heavy (non-hydrogen) atoms. The molecule has 1 fully saturated rings. The number of amides is 1. The van der Waals surface area contributed by atoms with Crippen LogP contribution in [0.3, 0.4) is 0 Å². The summed E-state index contributed by atoms with van der Waals surface area (Å²) in [5.74, 6) is -0.198. The largest absolute Gasteiger partial charge is 0.378 e. The Hall–Kier alpha value is -0.870. The fourth-order valence-corrected chi connectivity index (χ4v) is 0.961. The second-order valence-electron chi connectivity index (χ2n) is 2.52. The van der Waals surface area contributed by atoms with Gasteiger partial charge in [0.15, 0.2) is 0 Å². The normalized spacial score (nSPS) is 25.8. The number of rotatable bonds is 2. The lowest BCUT2D eigenvalue weighted by Crippen LogP contribution is -2.46. The number of nitrogens with two attached hydrogens (primary N) is 1. The van der Waals surface area contributed by atoms with Crippen molar-refractivity contribution in [3.63, 3.8) is 0 Å². The summed E-state index contributed by atoms with van der Waals surface area (Å²) in [4.78, 5) is 10.8. The summed E-state index contributed by atoms with van der Waals surface area (Å²) in [5, 5.41) is 2.67. The molecule has 1 aliphatic rings. The lowest BCUT2D eigenvalue weighted by atomic mass is 10.2. The summed E-state index contributed by atoms with van der Waals surface area (Å²) in [7, 11) is 0. The molecule has 1 saturated heterocycles. The highest BCUT2D eigenvalue weighted by Crippen LogP contribution is 2.01. The maximum absolute atomic E-state index is 10.8. The molecule has 4 nitrogen and oxygen atoms in total. The van der Waals surface area contributed by atoms with Crippen molar-refractivity contribution >= 4 is 5.91 Å². The molecule has 1 rings (SSSR count). The van der Waals surface area contributed by atoms with Gasteiger partial charge in [-0.15, -0.1) is 0 Å². The third-order valence-electron chi connectivity index (χ3n) is 1.64. The number of carbonyl (C=O) groups excluding carboxylic acids is 1. The van der Waals surface area contributed by atoms with Crippen LogP contribution >= 0.6 is 0 Å². The number of carbonyl (C=O) groups is 1. The molecule has 2 atom stereocenters. The smallest absolute Gasteiger partial charge is 0.243 e.